The SMILES string of the molecule is COc1ccc(S)c(O)c1.[H-].[Na+]. The van der Waals surface area contributed by atoms with E-state index in [9.17, 15) is 0 Å². The molecule has 1 aromatic rings. The van der Waals surface area contributed by atoms with Crippen molar-refractivity contribution in [1.82, 2.24) is 0 Å². The summed E-state index contributed by atoms with van der Waals surface area (Å²) in [5, 5.41) is 9.07. The van der Waals surface area contributed by atoms with E-state index in [1.165, 1.54) is 6.07 Å². The molecule has 0 heterocycles. The van der Waals surface area contributed by atoms with Crippen molar-refractivity contribution in [3.05, 3.63) is 18.2 Å². The Hall–Kier alpha value is 0.170. The Morgan fingerprint density at radius 2 is 2.18 bits per heavy atom. The van der Waals surface area contributed by atoms with Crippen molar-refractivity contribution in [2.45, 2.75) is 4.90 Å². The fraction of sp³-hybridized carbons (Fsp3) is 0.143. The predicted molar refractivity (Wildman–Crippen MR) is 43.0 cm³/mol. The topological polar surface area (TPSA) is 29.5 Å². The maximum Gasteiger partial charge on any atom is 1.00 e. The molecule has 0 aliphatic carbocycles. The van der Waals surface area contributed by atoms with E-state index < -0.39 is 0 Å². The molecule has 0 amide bonds. The van der Waals surface area contributed by atoms with Crippen molar-refractivity contribution in [3.8, 4) is 11.5 Å². The Morgan fingerprint density at radius 1 is 1.55 bits per heavy atom. The molecule has 0 fully saturated rings. The van der Waals surface area contributed by atoms with Crippen molar-refractivity contribution < 1.29 is 40.8 Å². The Kier molecular flexibility index (Phi) is 5.01. The summed E-state index contributed by atoms with van der Waals surface area (Å²) < 4.78 is 4.86. The van der Waals surface area contributed by atoms with Gasteiger partial charge in [0.05, 0.1) is 7.11 Å². The van der Waals surface area contributed by atoms with Crippen LogP contribution in [-0.4, -0.2) is 12.2 Å². The maximum atomic E-state index is 9.07. The summed E-state index contributed by atoms with van der Waals surface area (Å²) in [6.45, 7) is 0. The predicted octanol–water partition coefficient (Wildman–Crippen LogP) is -1.19. The quantitative estimate of drug-likeness (QED) is 0.420. The average molecular weight is 180 g/mol. The summed E-state index contributed by atoms with van der Waals surface area (Å²) in [5.74, 6) is 0.776. The van der Waals surface area contributed by atoms with Crippen LogP contribution in [0.25, 0.3) is 0 Å². The van der Waals surface area contributed by atoms with Crippen LogP contribution in [-0.2, 0) is 0 Å². The van der Waals surface area contributed by atoms with E-state index in [0.717, 1.165) is 0 Å². The van der Waals surface area contributed by atoms with Crippen molar-refractivity contribution in [1.29, 1.82) is 0 Å². The first-order valence-electron chi connectivity index (χ1n) is 2.80. The number of hydrogen-bond donors (Lipinski definition) is 2. The number of methoxy groups -OCH3 is 1. The first-order chi connectivity index (χ1) is 4.74. The minimum absolute atomic E-state index is 0. The molecule has 0 bridgehead atoms. The standard InChI is InChI=1S/C7H8O2S.Na.H/c1-9-5-2-3-7(10)6(8)4-5;;/h2-4,8,10H,1H3;;/q;+1;-1. The molecule has 0 saturated heterocycles. The minimum atomic E-state index is 0. The van der Waals surface area contributed by atoms with E-state index in [1.807, 2.05) is 0 Å². The van der Waals surface area contributed by atoms with Gasteiger partial charge in [0.2, 0.25) is 0 Å². The van der Waals surface area contributed by atoms with Gasteiger partial charge in [0, 0.05) is 11.0 Å². The van der Waals surface area contributed by atoms with E-state index in [4.69, 9.17) is 9.84 Å². The minimum Gasteiger partial charge on any atom is -1.00 e. The molecule has 11 heavy (non-hydrogen) atoms. The molecular weight excluding hydrogens is 171 g/mol. The van der Waals surface area contributed by atoms with Crippen LogP contribution < -0.4 is 34.3 Å². The fourth-order valence-corrected chi connectivity index (χ4v) is 0.769. The van der Waals surface area contributed by atoms with E-state index in [1.54, 1.807) is 19.2 Å². The number of aromatic hydroxyl groups is 1. The van der Waals surface area contributed by atoms with Gasteiger partial charge >= 0.3 is 29.6 Å². The molecule has 0 saturated carbocycles. The van der Waals surface area contributed by atoms with Gasteiger partial charge in [0.1, 0.15) is 11.5 Å². The van der Waals surface area contributed by atoms with Crippen LogP contribution in [0.1, 0.15) is 1.43 Å². The number of hydrogen-bond acceptors (Lipinski definition) is 3. The summed E-state index contributed by atoms with van der Waals surface area (Å²) in [6.07, 6.45) is 0. The van der Waals surface area contributed by atoms with Crippen LogP contribution in [0.5, 0.6) is 11.5 Å². The molecule has 1 rings (SSSR count). The third-order valence-corrected chi connectivity index (χ3v) is 1.56. The second-order valence-corrected chi connectivity index (χ2v) is 2.34. The molecule has 2 nitrogen and oxygen atoms in total. The molecule has 0 aliphatic heterocycles. The first-order valence-corrected chi connectivity index (χ1v) is 3.24. The molecule has 1 aromatic carbocycles. The molecule has 0 spiro atoms. The third kappa shape index (κ3) is 2.95. The summed E-state index contributed by atoms with van der Waals surface area (Å²) >= 11 is 3.98. The molecule has 0 atom stereocenters. The number of thiol groups is 1. The molecule has 56 valence electrons. The van der Waals surface area contributed by atoms with Crippen LogP contribution in [0, 0.1) is 0 Å². The molecule has 4 heteroatoms. The van der Waals surface area contributed by atoms with Crippen LogP contribution in [0.2, 0.25) is 0 Å². The normalized spacial score (nSPS) is 8.55. The first kappa shape index (κ1) is 11.2. The van der Waals surface area contributed by atoms with Gasteiger partial charge in [-0.05, 0) is 12.1 Å². The molecular formula is C7H9NaO2S. The molecule has 0 radical (unpaired) electrons. The van der Waals surface area contributed by atoms with E-state index in [0.29, 0.717) is 10.6 Å². The van der Waals surface area contributed by atoms with E-state index >= 15 is 0 Å². The zero-order valence-electron chi connectivity index (χ0n) is 7.53. The Morgan fingerprint density at radius 3 is 2.64 bits per heavy atom. The fourth-order valence-electron chi connectivity index (χ4n) is 0.630. The van der Waals surface area contributed by atoms with Crippen molar-refractivity contribution in [2.75, 3.05) is 7.11 Å². The molecule has 0 aromatic heterocycles. The van der Waals surface area contributed by atoms with Crippen molar-refractivity contribution in [2.24, 2.45) is 0 Å². The summed E-state index contributed by atoms with van der Waals surface area (Å²) in [5.41, 5.74) is 0. The monoisotopic (exact) mass is 180 g/mol. The van der Waals surface area contributed by atoms with Gasteiger partial charge < -0.3 is 11.3 Å². The third-order valence-electron chi connectivity index (χ3n) is 1.18. The molecule has 0 aliphatic rings. The van der Waals surface area contributed by atoms with E-state index in [2.05, 4.69) is 12.6 Å². The smallest absolute Gasteiger partial charge is 1.00 e. The van der Waals surface area contributed by atoms with Gasteiger partial charge in [-0.2, -0.15) is 0 Å². The Balaban J connectivity index is 0. The number of phenolic OH excluding ortho intramolecular Hbond substituents is 1. The Bertz CT molecular complexity index is 245. The Labute approximate surface area is 94.8 Å². The zero-order chi connectivity index (χ0) is 7.56. The van der Waals surface area contributed by atoms with Crippen LogP contribution in [0.3, 0.4) is 0 Å². The number of rotatable bonds is 1. The van der Waals surface area contributed by atoms with Crippen LogP contribution in [0.15, 0.2) is 23.1 Å². The summed E-state index contributed by atoms with van der Waals surface area (Å²) in [6, 6.07) is 4.93. The number of phenols is 1. The number of ether oxygens (including phenoxy) is 1. The molecule has 0 unspecified atom stereocenters. The van der Waals surface area contributed by atoms with Gasteiger partial charge in [-0.25, -0.2) is 0 Å². The van der Waals surface area contributed by atoms with Gasteiger partial charge in [-0.15, -0.1) is 12.6 Å². The average Bonchev–Trinajstić information content (AvgIpc) is 1.95. The van der Waals surface area contributed by atoms with E-state index in [-0.39, 0.29) is 36.7 Å². The van der Waals surface area contributed by atoms with Crippen LogP contribution in [0.4, 0.5) is 0 Å². The second-order valence-electron chi connectivity index (χ2n) is 1.85. The van der Waals surface area contributed by atoms with Gasteiger partial charge in [0.15, 0.2) is 0 Å². The summed E-state index contributed by atoms with van der Waals surface area (Å²) in [4.78, 5) is 0.556. The van der Waals surface area contributed by atoms with Gasteiger partial charge in [-0.3, -0.25) is 0 Å². The van der Waals surface area contributed by atoms with Crippen molar-refractivity contribution in [3.63, 3.8) is 0 Å². The van der Waals surface area contributed by atoms with Crippen molar-refractivity contribution >= 4 is 12.6 Å². The number of benzene rings is 1. The molecule has 1 N–H and O–H groups in total. The largest absolute Gasteiger partial charge is 1.00 e. The van der Waals surface area contributed by atoms with Gasteiger partial charge in [-0.1, -0.05) is 0 Å². The van der Waals surface area contributed by atoms with Crippen LogP contribution >= 0.6 is 12.6 Å². The van der Waals surface area contributed by atoms with Gasteiger partial charge in [0.25, 0.3) is 0 Å². The maximum absolute atomic E-state index is 9.07. The summed E-state index contributed by atoms with van der Waals surface area (Å²) in [7, 11) is 1.55. The zero-order valence-corrected chi connectivity index (χ0v) is 9.43. The second kappa shape index (κ2) is 4.93.